The van der Waals surface area contributed by atoms with E-state index in [4.69, 9.17) is 0 Å². The second-order valence-electron chi connectivity index (χ2n) is 10.6. The Morgan fingerprint density at radius 2 is 1.00 bits per heavy atom. The molecule has 0 aliphatic heterocycles. The summed E-state index contributed by atoms with van der Waals surface area (Å²) < 4.78 is 1.52. The van der Waals surface area contributed by atoms with Crippen molar-refractivity contribution in [2.24, 2.45) is 0 Å². The van der Waals surface area contributed by atoms with E-state index in [9.17, 15) is 0 Å². The molecule has 2 atom stereocenters. The van der Waals surface area contributed by atoms with Crippen LogP contribution in [0, 0.1) is 0 Å². The van der Waals surface area contributed by atoms with Crippen molar-refractivity contribution in [1.82, 2.24) is 0 Å². The molecule has 2 aromatic carbocycles. The average molecular weight is 623 g/mol. The number of unbranched alkanes of at least 4 members (excludes halogenated alkanes) is 2. The zero-order valence-electron chi connectivity index (χ0n) is 22.5. The maximum Gasteiger partial charge on any atom is -0.147 e. The van der Waals surface area contributed by atoms with Gasteiger partial charge in [-0.25, -0.2) is 0 Å². The average Bonchev–Trinajstić information content (AvgIpc) is 3.36. The molecular weight excluding hydrogens is 579 g/mol. The third-order valence-corrected chi connectivity index (χ3v) is 68.2. The van der Waals surface area contributed by atoms with Gasteiger partial charge in [-0.2, -0.15) is 0 Å². The second-order valence-corrected chi connectivity index (χ2v) is 49.4. The summed E-state index contributed by atoms with van der Waals surface area (Å²) in [7, 11) is 0. The van der Waals surface area contributed by atoms with Crippen molar-refractivity contribution in [1.29, 1.82) is 0 Å². The summed E-state index contributed by atoms with van der Waals surface area (Å²) in [6, 6.07) is 19.1. The van der Waals surface area contributed by atoms with Gasteiger partial charge in [0.1, 0.15) is 0 Å². The summed E-state index contributed by atoms with van der Waals surface area (Å²) in [6.07, 6.45) is 13.4. The standard InChI is InChI=1S/2C13H15.2C2H6Si.2ClH.Zr/c2*1-2-3-6-11-9-10-12-7-4-5-8-13(11)12;2*1-3-2;;;/h2*4-5,7-10H,2-3,6H2,1H3;2*1-2H3;2*1H;. The van der Waals surface area contributed by atoms with E-state index in [0.29, 0.717) is 0 Å². The number of halogens is 2. The van der Waals surface area contributed by atoms with E-state index in [1.54, 1.807) is 33.4 Å². The van der Waals surface area contributed by atoms with E-state index >= 15 is 0 Å². The molecule has 0 nitrogen and oxygen atoms in total. The SMILES string of the molecule is CCCCC1=C[CH]([Zr]([CH]2C=C(CCCC)c3ccccc32)(=[Si](C)C)=[Si](C)C)c2ccccc21.Cl.Cl. The molecule has 35 heavy (non-hydrogen) atoms. The molecule has 0 N–H and O–H groups in total. The molecule has 4 rings (SSSR count). The first kappa shape index (κ1) is 31.0. The zero-order valence-corrected chi connectivity index (χ0v) is 28.6. The normalized spacial score (nSPS) is 17.5. The van der Waals surface area contributed by atoms with Crippen LogP contribution in [0.2, 0.25) is 26.2 Å². The van der Waals surface area contributed by atoms with Crippen LogP contribution in [0.25, 0.3) is 11.1 Å². The monoisotopic (exact) mass is 620 g/mol. The maximum atomic E-state index is 2.84. The Labute approximate surface area is 231 Å². The molecule has 0 bridgehead atoms. The Bertz CT molecular complexity index is 1120. The number of hydrogen-bond acceptors (Lipinski definition) is 0. The molecule has 5 heteroatoms. The van der Waals surface area contributed by atoms with Crippen molar-refractivity contribution in [2.75, 3.05) is 0 Å². The van der Waals surface area contributed by atoms with Gasteiger partial charge in [0.05, 0.1) is 0 Å². The molecule has 0 heterocycles. The molecule has 0 aromatic heterocycles. The molecule has 2 unspecified atom stereocenters. The minimum atomic E-state index is -2.75. The molecule has 0 spiro atoms. The molecule has 2 aliphatic carbocycles. The summed E-state index contributed by atoms with van der Waals surface area (Å²) in [4.78, 5) is 0. The van der Waals surface area contributed by atoms with Crippen molar-refractivity contribution in [3.05, 3.63) is 82.9 Å². The Morgan fingerprint density at radius 3 is 1.34 bits per heavy atom. The van der Waals surface area contributed by atoms with Gasteiger partial charge in [-0.3, -0.25) is 0 Å². The minimum Gasteiger partial charge on any atom is -0.147 e. The third kappa shape index (κ3) is 5.65. The fraction of sp³-hybridized carbons (Fsp3) is 0.467. The van der Waals surface area contributed by atoms with Gasteiger partial charge in [-0.15, -0.1) is 24.8 Å². The maximum absolute atomic E-state index is 2.84. The van der Waals surface area contributed by atoms with Crippen LogP contribution in [0.15, 0.2) is 60.7 Å². The van der Waals surface area contributed by atoms with Gasteiger partial charge in [-0.05, 0) is 0 Å². The number of rotatable bonds is 8. The van der Waals surface area contributed by atoms with Crippen molar-refractivity contribution >= 4 is 46.8 Å². The van der Waals surface area contributed by atoms with Gasteiger partial charge in [0.2, 0.25) is 0 Å². The van der Waals surface area contributed by atoms with Gasteiger partial charge in [-0.1, -0.05) is 0 Å². The van der Waals surface area contributed by atoms with E-state index in [-0.39, 0.29) is 24.8 Å². The van der Waals surface area contributed by atoms with E-state index in [1.807, 2.05) is 0 Å². The molecule has 190 valence electrons. The van der Waals surface area contributed by atoms with Gasteiger partial charge in [0.25, 0.3) is 0 Å². The minimum absolute atomic E-state index is 0. The number of hydrogen-bond donors (Lipinski definition) is 0. The zero-order chi connectivity index (χ0) is 23.6. The van der Waals surface area contributed by atoms with Crippen molar-refractivity contribution < 1.29 is 17.5 Å². The summed E-state index contributed by atoms with van der Waals surface area (Å²) in [5, 5.41) is 0. The van der Waals surface area contributed by atoms with Gasteiger partial charge >= 0.3 is 208 Å². The number of benzene rings is 2. The molecule has 2 aromatic rings. The molecule has 0 saturated carbocycles. The number of allylic oxidation sites excluding steroid dienone is 4. The molecule has 0 saturated heterocycles. The Kier molecular flexibility index (Phi) is 12.0. The topological polar surface area (TPSA) is 0 Å². The molecule has 2 aliphatic rings. The summed E-state index contributed by atoms with van der Waals surface area (Å²) in [5.74, 6) is 0. The van der Waals surface area contributed by atoms with Crippen LogP contribution in [-0.2, 0) is 17.5 Å². The first-order valence-electron chi connectivity index (χ1n) is 13.2. The predicted molar refractivity (Wildman–Crippen MR) is 163 cm³/mol. The summed E-state index contributed by atoms with van der Waals surface area (Å²) >= 11 is -2.75. The van der Waals surface area contributed by atoms with Crippen LogP contribution >= 0.6 is 24.8 Å². The van der Waals surface area contributed by atoms with Crippen molar-refractivity contribution in [3.8, 4) is 0 Å². The Hall–Kier alpha value is -0.183. The Morgan fingerprint density at radius 1 is 0.629 bits per heavy atom. The largest absolute Gasteiger partial charge is 0.147 e. The van der Waals surface area contributed by atoms with Crippen LogP contribution in [0.1, 0.15) is 81.9 Å². The number of fused-ring (bicyclic) bond motifs is 2. The smallest absolute Gasteiger partial charge is 0.147 e. The third-order valence-electron chi connectivity index (χ3n) is 8.25. The van der Waals surface area contributed by atoms with E-state index < -0.39 is 28.4 Å². The summed E-state index contributed by atoms with van der Waals surface area (Å²) in [5.41, 5.74) is 9.17. The summed E-state index contributed by atoms with van der Waals surface area (Å²) in [6.45, 7) is 15.5. The fourth-order valence-electron chi connectivity index (χ4n) is 6.74. The second kappa shape index (κ2) is 13.6. The predicted octanol–water partition coefficient (Wildman–Crippen LogP) is 10.1. The van der Waals surface area contributed by atoms with Gasteiger partial charge in [0.15, 0.2) is 0 Å². The molecular formula is C30H44Cl2Si2Zr. The van der Waals surface area contributed by atoms with Crippen LogP contribution in [0.4, 0.5) is 0 Å². The van der Waals surface area contributed by atoms with Crippen molar-refractivity contribution in [2.45, 2.75) is 85.8 Å². The quantitative estimate of drug-likeness (QED) is 0.257. The van der Waals surface area contributed by atoms with Crippen LogP contribution in [-0.4, -0.2) is 10.9 Å². The molecule has 0 amide bonds. The van der Waals surface area contributed by atoms with E-state index in [1.165, 1.54) is 38.5 Å². The van der Waals surface area contributed by atoms with Crippen molar-refractivity contribution in [3.63, 3.8) is 0 Å². The van der Waals surface area contributed by atoms with Crippen LogP contribution in [0.5, 0.6) is 0 Å². The molecule has 0 radical (unpaired) electrons. The molecule has 0 fully saturated rings. The van der Waals surface area contributed by atoms with Gasteiger partial charge < -0.3 is 0 Å². The van der Waals surface area contributed by atoms with Crippen LogP contribution < -0.4 is 0 Å². The van der Waals surface area contributed by atoms with Crippen LogP contribution in [0.3, 0.4) is 0 Å². The first-order chi connectivity index (χ1) is 16.0. The van der Waals surface area contributed by atoms with E-state index in [2.05, 4.69) is 101 Å². The fourth-order valence-corrected chi connectivity index (χ4v) is 66.2. The van der Waals surface area contributed by atoms with Gasteiger partial charge in [0, 0.05) is 0 Å². The Balaban J connectivity index is 0.00000216. The first-order valence-corrected chi connectivity index (χ1v) is 28.4. The van der Waals surface area contributed by atoms with E-state index in [0.717, 1.165) is 7.25 Å².